The average molecular weight is 434 g/mol. The molecule has 0 radical (unpaired) electrons. The molecule has 2 rings (SSSR count). The highest BCUT2D eigenvalue weighted by Gasteiger charge is 2.12. The topological polar surface area (TPSA) is 50.6 Å². The standard InChI is InChI=1S/C17H30N4O.HI/c1-18-17(20-13-15-9-11-21(2)14-15)19-10-6-12-22-16-7-4-3-5-8-16;/h9,11,14,16H,3-8,10,12-13H2,1-2H3,(H2,18,19,20);1H. The van der Waals surface area contributed by atoms with Crippen LogP contribution in [0.15, 0.2) is 23.5 Å². The molecular formula is C17H31IN4O. The number of guanidine groups is 1. The second-order valence-electron chi connectivity index (χ2n) is 6.02. The minimum absolute atomic E-state index is 0. The lowest BCUT2D eigenvalue weighted by Gasteiger charge is -2.22. The van der Waals surface area contributed by atoms with E-state index in [0.717, 1.165) is 32.1 Å². The highest BCUT2D eigenvalue weighted by atomic mass is 127. The minimum Gasteiger partial charge on any atom is -0.378 e. The highest BCUT2D eigenvalue weighted by molar-refractivity contribution is 14.0. The van der Waals surface area contributed by atoms with Gasteiger partial charge in [0.05, 0.1) is 6.10 Å². The van der Waals surface area contributed by atoms with Gasteiger partial charge in [0, 0.05) is 46.2 Å². The molecule has 0 spiro atoms. The summed E-state index contributed by atoms with van der Waals surface area (Å²) in [6, 6.07) is 2.11. The zero-order valence-electron chi connectivity index (χ0n) is 14.4. The maximum Gasteiger partial charge on any atom is 0.191 e. The van der Waals surface area contributed by atoms with Gasteiger partial charge in [-0.1, -0.05) is 19.3 Å². The van der Waals surface area contributed by atoms with Crippen LogP contribution < -0.4 is 10.6 Å². The van der Waals surface area contributed by atoms with Crippen molar-refractivity contribution in [3.8, 4) is 0 Å². The molecule has 0 atom stereocenters. The number of nitrogens with one attached hydrogen (secondary N) is 2. The highest BCUT2D eigenvalue weighted by Crippen LogP contribution is 2.20. The lowest BCUT2D eigenvalue weighted by atomic mass is 9.98. The Kier molecular flexibility index (Phi) is 10.3. The van der Waals surface area contributed by atoms with Gasteiger partial charge in [0.15, 0.2) is 5.96 Å². The molecule has 132 valence electrons. The van der Waals surface area contributed by atoms with Crippen molar-refractivity contribution in [1.82, 2.24) is 15.2 Å². The second-order valence-corrected chi connectivity index (χ2v) is 6.02. The Morgan fingerprint density at radius 2 is 2.09 bits per heavy atom. The van der Waals surface area contributed by atoms with Crippen LogP contribution in [0, 0.1) is 0 Å². The quantitative estimate of drug-likeness (QED) is 0.300. The second kappa shape index (κ2) is 11.7. The first kappa shape index (κ1) is 20.3. The van der Waals surface area contributed by atoms with E-state index < -0.39 is 0 Å². The van der Waals surface area contributed by atoms with Crippen molar-refractivity contribution in [3.05, 3.63) is 24.0 Å². The van der Waals surface area contributed by atoms with Gasteiger partial charge in [0.1, 0.15) is 0 Å². The van der Waals surface area contributed by atoms with Crippen molar-refractivity contribution in [2.24, 2.45) is 12.0 Å². The summed E-state index contributed by atoms with van der Waals surface area (Å²) in [6.07, 6.45) is 12.2. The van der Waals surface area contributed by atoms with Gasteiger partial charge >= 0.3 is 0 Å². The maximum atomic E-state index is 5.93. The Morgan fingerprint density at radius 1 is 1.30 bits per heavy atom. The number of hydrogen-bond acceptors (Lipinski definition) is 2. The summed E-state index contributed by atoms with van der Waals surface area (Å²) in [7, 11) is 3.84. The first-order chi connectivity index (χ1) is 10.8. The zero-order chi connectivity index (χ0) is 15.6. The molecule has 23 heavy (non-hydrogen) atoms. The number of rotatable bonds is 7. The van der Waals surface area contributed by atoms with Gasteiger partial charge in [0.2, 0.25) is 0 Å². The van der Waals surface area contributed by atoms with Gasteiger partial charge in [-0.3, -0.25) is 4.99 Å². The van der Waals surface area contributed by atoms with Crippen molar-refractivity contribution in [2.75, 3.05) is 20.2 Å². The SMILES string of the molecule is CN=C(NCCCOC1CCCCC1)NCc1ccn(C)c1.I. The van der Waals surface area contributed by atoms with E-state index in [0.29, 0.717) is 6.10 Å². The lowest BCUT2D eigenvalue weighted by molar-refractivity contribution is 0.0277. The molecular weight excluding hydrogens is 403 g/mol. The van der Waals surface area contributed by atoms with Gasteiger partial charge in [-0.2, -0.15) is 0 Å². The summed E-state index contributed by atoms with van der Waals surface area (Å²) in [5.41, 5.74) is 1.26. The van der Waals surface area contributed by atoms with Crippen molar-refractivity contribution in [1.29, 1.82) is 0 Å². The molecule has 1 aliphatic rings. The number of halogens is 1. The van der Waals surface area contributed by atoms with Crippen LogP contribution in [0.3, 0.4) is 0 Å². The molecule has 5 nitrogen and oxygen atoms in total. The lowest BCUT2D eigenvalue weighted by Crippen LogP contribution is -2.37. The van der Waals surface area contributed by atoms with E-state index in [-0.39, 0.29) is 24.0 Å². The number of aliphatic imine (C=N–C) groups is 1. The molecule has 1 aromatic heterocycles. The van der Waals surface area contributed by atoms with E-state index in [2.05, 4.69) is 38.7 Å². The number of ether oxygens (including phenoxy) is 1. The van der Waals surface area contributed by atoms with Crippen LogP contribution in [0.1, 0.15) is 44.1 Å². The molecule has 0 unspecified atom stereocenters. The fourth-order valence-corrected chi connectivity index (χ4v) is 2.83. The Morgan fingerprint density at radius 3 is 2.74 bits per heavy atom. The van der Waals surface area contributed by atoms with Crippen molar-refractivity contribution in [3.63, 3.8) is 0 Å². The normalized spacial score (nSPS) is 16.0. The Balaban J connectivity index is 0.00000264. The van der Waals surface area contributed by atoms with Gasteiger partial charge < -0.3 is 19.9 Å². The molecule has 1 saturated carbocycles. The molecule has 0 saturated heterocycles. The van der Waals surface area contributed by atoms with Crippen molar-refractivity contribution >= 4 is 29.9 Å². The summed E-state index contributed by atoms with van der Waals surface area (Å²) < 4.78 is 7.98. The monoisotopic (exact) mass is 434 g/mol. The molecule has 1 fully saturated rings. The summed E-state index contributed by atoms with van der Waals surface area (Å²) >= 11 is 0. The molecule has 0 bridgehead atoms. The molecule has 2 N–H and O–H groups in total. The molecule has 1 aliphatic carbocycles. The first-order valence-corrected chi connectivity index (χ1v) is 8.45. The number of nitrogens with zero attached hydrogens (tertiary/aromatic N) is 2. The largest absolute Gasteiger partial charge is 0.378 e. The van der Waals surface area contributed by atoms with Crippen LogP contribution in [0.5, 0.6) is 0 Å². The number of aryl methyl sites for hydroxylation is 1. The minimum atomic E-state index is 0. The predicted octanol–water partition coefficient (Wildman–Crippen LogP) is 3.05. The number of aromatic nitrogens is 1. The smallest absolute Gasteiger partial charge is 0.191 e. The van der Waals surface area contributed by atoms with E-state index in [1.807, 2.05) is 7.05 Å². The third-order valence-corrected chi connectivity index (χ3v) is 4.10. The fourth-order valence-electron chi connectivity index (χ4n) is 2.83. The summed E-state index contributed by atoms with van der Waals surface area (Å²) in [6.45, 7) is 2.52. The molecule has 1 aromatic rings. The van der Waals surface area contributed by atoms with Gasteiger partial charge in [-0.05, 0) is 30.9 Å². The van der Waals surface area contributed by atoms with E-state index in [4.69, 9.17) is 4.74 Å². The number of hydrogen-bond donors (Lipinski definition) is 2. The van der Waals surface area contributed by atoms with E-state index in [1.165, 1.54) is 37.7 Å². The summed E-state index contributed by atoms with van der Waals surface area (Å²) in [4.78, 5) is 4.24. The van der Waals surface area contributed by atoms with Crippen molar-refractivity contribution in [2.45, 2.75) is 51.2 Å². The molecule has 0 aromatic carbocycles. The Bertz CT molecular complexity index is 455. The van der Waals surface area contributed by atoms with Crippen LogP contribution in [0.25, 0.3) is 0 Å². The van der Waals surface area contributed by atoms with Crippen LogP contribution in [-0.2, 0) is 18.3 Å². The Labute approximate surface area is 157 Å². The molecule has 0 aliphatic heterocycles. The fraction of sp³-hybridized carbons (Fsp3) is 0.706. The van der Waals surface area contributed by atoms with Crippen molar-refractivity contribution < 1.29 is 4.74 Å². The van der Waals surface area contributed by atoms with Gasteiger partial charge in [0.25, 0.3) is 0 Å². The third-order valence-electron chi connectivity index (χ3n) is 4.10. The van der Waals surface area contributed by atoms with E-state index in [9.17, 15) is 0 Å². The van der Waals surface area contributed by atoms with Crippen LogP contribution >= 0.6 is 24.0 Å². The van der Waals surface area contributed by atoms with Crippen LogP contribution in [0.2, 0.25) is 0 Å². The molecule has 6 heteroatoms. The average Bonchev–Trinajstić information content (AvgIpc) is 2.96. The first-order valence-electron chi connectivity index (χ1n) is 8.45. The van der Waals surface area contributed by atoms with Crippen LogP contribution in [-0.4, -0.2) is 36.8 Å². The predicted molar refractivity (Wildman–Crippen MR) is 106 cm³/mol. The maximum absolute atomic E-state index is 5.93. The van der Waals surface area contributed by atoms with E-state index >= 15 is 0 Å². The van der Waals surface area contributed by atoms with Crippen LogP contribution in [0.4, 0.5) is 0 Å². The third kappa shape index (κ3) is 8.06. The molecule has 0 amide bonds. The summed E-state index contributed by atoms with van der Waals surface area (Å²) in [5.74, 6) is 0.849. The van der Waals surface area contributed by atoms with E-state index in [1.54, 1.807) is 7.05 Å². The van der Waals surface area contributed by atoms with Gasteiger partial charge in [-0.25, -0.2) is 0 Å². The summed E-state index contributed by atoms with van der Waals surface area (Å²) in [5, 5.41) is 6.66. The van der Waals surface area contributed by atoms with Gasteiger partial charge in [-0.15, -0.1) is 24.0 Å². The Hall–Kier alpha value is -0.760. The zero-order valence-corrected chi connectivity index (χ0v) is 16.7. The molecule has 1 heterocycles.